The molecule has 1 aromatic rings. The smallest absolute Gasteiger partial charge is 0.335 e. The molecule has 0 saturated heterocycles. The fraction of sp³-hybridized carbons (Fsp3) is 0.0833. The monoisotopic (exact) mass is 299 g/mol. The summed E-state index contributed by atoms with van der Waals surface area (Å²) in [7, 11) is 0. The van der Waals surface area contributed by atoms with Crippen LogP contribution in [0.4, 0.5) is 5.69 Å². The lowest BCUT2D eigenvalue weighted by Gasteiger charge is -2.18. The molecular formula is C12H7Cl2NO4. The molecule has 0 saturated carbocycles. The molecule has 1 aliphatic heterocycles. The molecule has 7 heteroatoms. The summed E-state index contributed by atoms with van der Waals surface area (Å²) >= 11 is 11.8. The maximum Gasteiger partial charge on any atom is 0.335 e. The van der Waals surface area contributed by atoms with Crippen LogP contribution in [-0.2, 0) is 9.59 Å². The number of carbonyl (C=O) groups is 3. The number of carboxylic acid groups (broad SMARTS) is 1. The van der Waals surface area contributed by atoms with Gasteiger partial charge in [0, 0.05) is 11.6 Å². The molecule has 1 aromatic carbocycles. The van der Waals surface area contributed by atoms with Crippen LogP contribution in [0.25, 0.3) is 0 Å². The predicted octanol–water partition coefficient (Wildman–Crippen LogP) is 2.51. The Morgan fingerprint density at radius 1 is 1.21 bits per heavy atom. The van der Waals surface area contributed by atoms with E-state index in [-0.39, 0.29) is 26.9 Å². The van der Waals surface area contributed by atoms with Gasteiger partial charge in [0.1, 0.15) is 0 Å². The number of carboxylic acids is 1. The maximum absolute atomic E-state index is 11.8. The summed E-state index contributed by atoms with van der Waals surface area (Å²) < 4.78 is 0. The summed E-state index contributed by atoms with van der Waals surface area (Å²) in [5.74, 6) is -2.30. The summed E-state index contributed by atoms with van der Waals surface area (Å²) in [6.45, 7) is 1.49. The van der Waals surface area contributed by atoms with Crippen LogP contribution >= 0.6 is 23.2 Å². The van der Waals surface area contributed by atoms with Gasteiger partial charge in [0.2, 0.25) is 0 Å². The zero-order valence-corrected chi connectivity index (χ0v) is 11.1. The van der Waals surface area contributed by atoms with Crippen molar-refractivity contribution in [3.63, 3.8) is 0 Å². The Balaban J connectivity index is 2.56. The number of anilines is 1. The van der Waals surface area contributed by atoms with E-state index in [1.165, 1.54) is 13.0 Å². The quantitative estimate of drug-likeness (QED) is 0.852. The van der Waals surface area contributed by atoms with Crippen molar-refractivity contribution in [1.29, 1.82) is 0 Å². The first kappa shape index (κ1) is 13.6. The van der Waals surface area contributed by atoms with Crippen molar-refractivity contribution in [3.8, 4) is 0 Å². The molecule has 0 unspecified atom stereocenters. The second-order valence-electron chi connectivity index (χ2n) is 3.90. The fourth-order valence-electron chi connectivity index (χ4n) is 1.70. The highest BCUT2D eigenvalue weighted by Crippen LogP contribution is 2.37. The van der Waals surface area contributed by atoms with E-state index in [4.69, 9.17) is 28.3 Å². The van der Waals surface area contributed by atoms with E-state index in [0.717, 1.165) is 17.0 Å². The molecule has 0 radical (unpaired) electrons. The minimum Gasteiger partial charge on any atom is -0.478 e. The molecule has 19 heavy (non-hydrogen) atoms. The zero-order chi connectivity index (χ0) is 14.3. The highest BCUT2D eigenvalue weighted by atomic mass is 35.5. The Morgan fingerprint density at radius 2 is 1.74 bits per heavy atom. The first-order valence-corrected chi connectivity index (χ1v) is 5.87. The highest BCUT2D eigenvalue weighted by Gasteiger charge is 2.33. The van der Waals surface area contributed by atoms with Gasteiger partial charge in [-0.2, -0.15) is 0 Å². The number of amides is 2. The maximum atomic E-state index is 11.8. The SMILES string of the molecule is CC1=CC(=O)N(c2c(Cl)cc(C(=O)O)cc2Cl)C1=O. The topological polar surface area (TPSA) is 74.7 Å². The third kappa shape index (κ3) is 2.22. The molecule has 1 aliphatic rings. The van der Waals surface area contributed by atoms with Gasteiger partial charge >= 0.3 is 5.97 Å². The van der Waals surface area contributed by atoms with E-state index in [9.17, 15) is 14.4 Å². The number of hydrogen-bond acceptors (Lipinski definition) is 3. The van der Waals surface area contributed by atoms with Crippen LogP contribution in [0.1, 0.15) is 17.3 Å². The van der Waals surface area contributed by atoms with Gasteiger partial charge in [0.05, 0.1) is 21.3 Å². The molecule has 0 bridgehead atoms. The van der Waals surface area contributed by atoms with Gasteiger partial charge in [0.25, 0.3) is 11.8 Å². The summed E-state index contributed by atoms with van der Waals surface area (Å²) in [6, 6.07) is 2.28. The molecule has 1 N–H and O–H groups in total. The van der Waals surface area contributed by atoms with Crippen LogP contribution < -0.4 is 4.90 Å². The van der Waals surface area contributed by atoms with Crippen LogP contribution in [0.5, 0.6) is 0 Å². The van der Waals surface area contributed by atoms with Crippen molar-refractivity contribution in [3.05, 3.63) is 39.4 Å². The Morgan fingerprint density at radius 3 is 2.11 bits per heavy atom. The Hall–Kier alpha value is -1.85. The molecule has 0 aromatic heterocycles. The third-order valence-corrected chi connectivity index (χ3v) is 3.16. The van der Waals surface area contributed by atoms with E-state index in [1.807, 2.05) is 0 Å². The minimum absolute atomic E-state index is 0.00330. The van der Waals surface area contributed by atoms with E-state index < -0.39 is 17.8 Å². The first-order valence-electron chi connectivity index (χ1n) is 5.12. The molecule has 2 rings (SSSR count). The van der Waals surface area contributed by atoms with E-state index in [1.54, 1.807) is 0 Å². The van der Waals surface area contributed by atoms with Crippen LogP contribution in [0.15, 0.2) is 23.8 Å². The summed E-state index contributed by atoms with van der Waals surface area (Å²) in [5.41, 5.74) is 0.137. The third-order valence-electron chi connectivity index (χ3n) is 2.59. The zero-order valence-electron chi connectivity index (χ0n) is 9.61. The lowest BCUT2D eigenvalue weighted by atomic mass is 10.2. The van der Waals surface area contributed by atoms with Gasteiger partial charge in [-0.1, -0.05) is 23.2 Å². The van der Waals surface area contributed by atoms with Crippen LogP contribution in [0, 0.1) is 0 Å². The molecule has 0 fully saturated rings. The number of hydrogen-bond donors (Lipinski definition) is 1. The standard InChI is InChI=1S/C12H7Cl2NO4/c1-5-2-9(16)15(11(5)17)10-7(13)3-6(12(18)19)4-8(10)14/h2-4H,1H3,(H,18,19). The van der Waals surface area contributed by atoms with Gasteiger partial charge < -0.3 is 5.11 Å². The van der Waals surface area contributed by atoms with Crippen molar-refractivity contribution < 1.29 is 19.5 Å². The molecule has 0 spiro atoms. The minimum atomic E-state index is -1.20. The van der Waals surface area contributed by atoms with Crippen LogP contribution in [0.3, 0.4) is 0 Å². The lowest BCUT2D eigenvalue weighted by Crippen LogP contribution is -2.31. The molecule has 0 aliphatic carbocycles. The van der Waals surface area contributed by atoms with E-state index in [0.29, 0.717) is 0 Å². The summed E-state index contributed by atoms with van der Waals surface area (Å²) in [6.07, 6.45) is 1.17. The molecule has 0 atom stereocenters. The number of halogens is 2. The second-order valence-corrected chi connectivity index (χ2v) is 4.71. The number of benzene rings is 1. The Labute approximate surface area is 118 Å². The van der Waals surface area contributed by atoms with Crippen molar-refractivity contribution in [2.75, 3.05) is 4.90 Å². The number of imide groups is 1. The van der Waals surface area contributed by atoms with Crippen molar-refractivity contribution in [2.24, 2.45) is 0 Å². The number of nitrogens with zero attached hydrogens (tertiary/aromatic N) is 1. The average Bonchev–Trinajstić information content (AvgIpc) is 2.54. The van der Waals surface area contributed by atoms with Crippen LogP contribution in [0.2, 0.25) is 10.0 Å². The molecule has 2 amide bonds. The number of rotatable bonds is 2. The molecule has 98 valence electrons. The van der Waals surface area contributed by atoms with E-state index in [2.05, 4.69) is 0 Å². The Bertz CT molecular complexity index is 628. The molecule has 1 heterocycles. The number of aromatic carboxylic acids is 1. The average molecular weight is 300 g/mol. The first-order chi connectivity index (χ1) is 8.82. The molecule has 5 nitrogen and oxygen atoms in total. The van der Waals surface area contributed by atoms with Gasteiger partial charge in [-0.25, -0.2) is 9.69 Å². The van der Waals surface area contributed by atoms with Crippen molar-refractivity contribution >= 4 is 46.7 Å². The molecular weight excluding hydrogens is 293 g/mol. The van der Waals surface area contributed by atoms with Crippen molar-refractivity contribution in [2.45, 2.75) is 6.92 Å². The van der Waals surface area contributed by atoms with Gasteiger partial charge in [-0.15, -0.1) is 0 Å². The van der Waals surface area contributed by atoms with E-state index >= 15 is 0 Å². The van der Waals surface area contributed by atoms with Crippen LogP contribution in [-0.4, -0.2) is 22.9 Å². The predicted molar refractivity (Wildman–Crippen MR) is 69.7 cm³/mol. The summed E-state index contributed by atoms with van der Waals surface area (Å²) in [5, 5.41) is 8.71. The summed E-state index contributed by atoms with van der Waals surface area (Å²) in [4.78, 5) is 35.2. The number of carbonyl (C=O) groups excluding carboxylic acids is 2. The van der Waals surface area contributed by atoms with Gasteiger partial charge in [0.15, 0.2) is 0 Å². The fourth-order valence-corrected chi connectivity index (χ4v) is 2.36. The lowest BCUT2D eigenvalue weighted by molar-refractivity contribution is -0.120. The Kier molecular flexibility index (Phi) is 3.34. The van der Waals surface area contributed by atoms with Gasteiger partial charge in [-0.05, 0) is 19.1 Å². The largest absolute Gasteiger partial charge is 0.478 e. The van der Waals surface area contributed by atoms with Crippen molar-refractivity contribution in [1.82, 2.24) is 0 Å². The second kappa shape index (κ2) is 4.68. The normalized spacial score (nSPS) is 14.9. The highest BCUT2D eigenvalue weighted by molar-refractivity contribution is 6.44. The van der Waals surface area contributed by atoms with Gasteiger partial charge in [-0.3, -0.25) is 9.59 Å².